The van der Waals surface area contributed by atoms with Gasteiger partial charge >= 0.3 is 0 Å². The molecule has 6 heteroatoms. The smallest absolute Gasteiger partial charge is 0.221 e. The van der Waals surface area contributed by atoms with E-state index in [1.807, 2.05) is 17.0 Å². The zero-order valence-electron chi connectivity index (χ0n) is 11.4. The third-order valence-corrected chi connectivity index (χ3v) is 2.76. The molecule has 0 atom stereocenters. The van der Waals surface area contributed by atoms with E-state index >= 15 is 0 Å². The fourth-order valence-electron chi connectivity index (χ4n) is 1.60. The summed E-state index contributed by atoms with van der Waals surface area (Å²) in [5, 5.41) is 3.90. The predicted molar refractivity (Wildman–Crippen MR) is 78.5 cm³/mol. The molecule has 5 nitrogen and oxygen atoms in total. The van der Waals surface area contributed by atoms with Gasteiger partial charge in [-0.1, -0.05) is 11.6 Å². The van der Waals surface area contributed by atoms with E-state index in [0.717, 1.165) is 5.69 Å². The highest BCUT2D eigenvalue weighted by molar-refractivity contribution is 6.31. The second kappa shape index (κ2) is 5.57. The lowest BCUT2D eigenvalue weighted by Crippen LogP contribution is -2.42. The standard InChI is InChI=1S/C13H18ClN5/c1-13(2,3)18-12-16-8-19(9-17-12)7-11-10(14)5-4-6-15-11/h4-6,8H,7,9H2,1-3H3,(H,17,18). The van der Waals surface area contributed by atoms with Crippen LogP contribution in [0.2, 0.25) is 5.02 Å². The van der Waals surface area contributed by atoms with E-state index in [9.17, 15) is 0 Å². The van der Waals surface area contributed by atoms with E-state index in [4.69, 9.17) is 11.6 Å². The van der Waals surface area contributed by atoms with Crippen LogP contribution >= 0.6 is 11.6 Å². The van der Waals surface area contributed by atoms with Crippen molar-refractivity contribution >= 4 is 23.9 Å². The fraction of sp³-hybridized carbons (Fsp3) is 0.462. The lowest BCUT2D eigenvalue weighted by Gasteiger charge is -2.25. The molecule has 1 aliphatic rings. The van der Waals surface area contributed by atoms with Crippen molar-refractivity contribution in [2.24, 2.45) is 9.98 Å². The van der Waals surface area contributed by atoms with Gasteiger partial charge in [0.2, 0.25) is 5.96 Å². The van der Waals surface area contributed by atoms with Gasteiger partial charge in [-0.2, -0.15) is 0 Å². The summed E-state index contributed by atoms with van der Waals surface area (Å²) in [6.07, 6.45) is 3.50. The summed E-state index contributed by atoms with van der Waals surface area (Å²) in [6, 6.07) is 3.65. The molecule has 2 rings (SSSR count). The molecule has 1 aliphatic heterocycles. The van der Waals surface area contributed by atoms with E-state index in [1.165, 1.54) is 0 Å². The predicted octanol–water partition coefficient (Wildman–Crippen LogP) is 2.28. The number of halogens is 1. The first-order valence-electron chi connectivity index (χ1n) is 6.14. The summed E-state index contributed by atoms with van der Waals surface area (Å²) >= 11 is 6.08. The first-order chi connectivity index (χ1) is 8.94. The van der Waals surface area contributed by atoms with Crippen LogP contribution in [0, 0.1) is 0 Å². The molecule has 1 aromatic heterocycles. The van der Waals surface area contributed by atoms with E-state index < -0.39 is 0 Å². The Balaban J connectivity index is 1.94. The van der Waals surface area contributed by atoms with Crippen LogP contribution in [0.3, 0.4) is 0 Å². The quantitative estimate of drug-likeness (QED) is 0.904. The molecule has 0 aliphatic carbocycles. The van der Waals surface area contributed by atoms with Gasteiger partial charge in [-0.05, 0) is 32.9 Å². The highest BCUT2D eigenvalue weighted by atomic mass is 35.5. The van der Waals surface area contributed by atoms with Crippen molar-refractivity contribution < 1.29 is 0 Å². The Morgan fingerprint density at radius 3 is 2.79 bits per heavy atom. The number of hydrogen-bond acceptors (Lipinski definition) is 5. The number of nitrogens with one attached hydrogen (secondary N) is 1. The molecule has 2 heterocycles. The van der Waals surface area contributed by atoms with Crippen molar-refractivity contribution in [3.05, 3.63) is 29.0 Å². The van der Waals surface area contributed by atoms with E-state index in [-0.39, 0.29) is 5.54 Å². The first-order valence-corrected chi connectivity index (χ1v) is 6.52. The molecule has 1 aromatic rings. The van der Waals surface area contributed by atoms with Crippen molar-refractivity contribution in [1.82, 2.24) is 15.2 Å². The summed E-state index contributed by atoms with van der Waals surface area (Å²) in [4.78, 5) is 14.9. The number of rotatable bonds is 2. The lowest BCUT2D eigenvalue weighted by molar-refractivity contribution is 0.422. The molecule has 0 spiro atoms. The molecule has 102 valence electrons. The van der Waals surface area contributed by atoms with Gasteiger partial charge < -0.3 is 10.2 Å². The zero-order valence-corrected chi connectivity index (χ0v) is 12.1. The third kappa shape index (κ3) is 4.21. The molecule has 0 fully saturated rings. The molecule has 0 saturated heterocycles. The van der Waals surface area contributed by atoms with Crippen molar-refractivity contribution in [1.29, 1.82) is 0 Å². The Labute approximate surface area is 118 Å². The average Bonchev–Trinajstić information content (AvgIpc) is 2.33. The van der Waals surface area contributed by atoms with Gasteiger partial charge in [-0.15, -0.1) is 0 Å². The zero-order chi connectivity index (χ0) is 13.9. The maximum absolute atomic E-state index is 6.08. The van der Waals surface area contributed by atoms with Gasteiger partial charge in [0.25, 0.3) is 0 Å². The maximum Gasteiger partial charge on any atom is 0.221 e. The Hall–Kier alpha value is -1.62. The molecule has 0 amide bonds. The van der Waals surface area contributed by atoms with Gasteiger partial charge in [-0.25, -0.2) is 9.98 Å². The van der Waals surface area contributed by atoms with Crippen molar-refractivity contribution in [3.63, 3.8) is 0 Å². The highest BCUT2D eigenvalue weighted by Crippen LogP contribution is 2.14. The summed E-state index contributed by atoms with van der Waals surface area (Å²) in [7, 11) is 0. The van der Waals surface area contributed by atoms with Crippen molar-refractivity contribution in [3.8, 4) is 0 Å². The average molecular weight is 280 g/mol. The van der Waals surface area contributed by atoms with Crippen LogP contribution in [0.25, 0.3) is 0 Å². The topological polar surface area (TPSA) is 52.9 Å². The number of guanidine groups is 1. The van der Waals surface area contributed by atoms with Crippen LogP contribution < -0.4 is 5.32 Å². The fourth-order valence-corrected chi connectivity index (χ4v) is 1.78. The Kier molecular flexibility index (Phi) is 4.04. The number of nitrogens with zero attached hydrogens (tertiary/aromatic N) is 4. The van der Waals surface area contributed by atoms with Crippen LogP contribution in [0.4, 0.5) is 0 Å². The molecule has 0 bridgehead atoms. The Morgan fingerprint density at radius 2 is 2.21 bits per heavy atom. The minimum atomic E-state index is -0.0391. The van der Waals surface area contributed by atoms with E-state index in [0.29, 0.717) is 24.2 Å². The van der Waals surface area contributed by atoms with Gasteiger partial charge in [-0.3, -0.25) is 4.98 Å². The summed E-state index contributed by atoms with van der Waals surface area (Å²) in [5.74, 6) is 0.663. The Bertz CT molecular complexity index is 504. The van der Waals surface area contributed by atoms with Crippen LogP contribution in [-0.4, -0.2) is 34.4 Å². The highest BCUT2D eigenvalue weighted by Gasteiger charge is 2.15. The summed E-state index contributed by atoms with van der Waals surface area (Å²) < 4.78 is 0. The minimum absolute atomic E-state index is 0.0391. The number of aliphatic imine (C=N–C) groups is 2. The minimum Gasteiger partial charge on any atom is -0.350 e. The Morgan fingerprint density at radius 1 is 1.42 bits per heavy atom. The van der Waals surface area contributed by atoms with Gasteiger partial charge in [0.05, 0.1) is 23.6 Å². The van der Waals surface area contributed by atoms with E-state index in [1.54, 1.807) is 12.5 Å². The molecular weight excluding hydrogens is 262 g/mol. The summed E-state index contributed by atoms with van der Waals surface area (Å²) in [6.45, 7) is 7.38. The molecule has 1 N–H and O–H groups in total. The molecule has 0 radical (unpaired) electrons. The van der Waals surface area contributed by atoms with Crippen LogP contribution in [-0.2, 0) is 6.54 Å². The first kappa shape index (κ1) is 13.8. The largest absolute Gasteiger partial charge is 0.350 e. The summed E-state index contributed by atoms with van der Waals surface area (Å²) in [5.41, 5.74) is 0.792. The molecule has 0 aromatic carbocycles. The van der Waals surface area contributed by atoms with Crippen molar-refractivity contribution in [2.45, 2.75) is 32.9 Å². The second-order valence-electron chi connectivity index (χ2n) is 5.42. The lowest BCUT2D eigenvalue weighted by atomic mass is 10.1. The second-order valence-corrected chi connectivity index (χ2v) is 5.83. The number of aromatic nitrogens is 1. The monoisotopic (exact) mass is 279 g/mol. The van der Waals surface area contributed by atoms with Gasteiger partial charge in [0.1, 0.15) is 6.67 Å². The van der Waals surface area contributed by atoms with Crippen LogP contribution in [0.15, 0.2) is 28.3 Å². The van der Waals surface area contributed by atoms with Crippen LogP contribution in [0.5, 0.6) is 0 Å². The van der Waals surface area contributed by atoms with Crippen molar-refractivity contribution in [2.75, 3.05) is 6.67 Å². The molecule has 19 heavy (non-hydrogen) atoms. The maximum atomic E-state index is 6.08. The van der Waals surface area contributed by atoms with Crippen LogP contribution in [0.1, 0.15) is 26.5 Å². The SMILES string of the molecule is CC(C)(C)NC1=NCN(Cc2ncccc2Cl)C=N1. The van der Waals surface area contributed by atoms with Gasteiger partial charge in [0, 0.05) is 11.7 Å². The third-order valence-electron chi connectivity index (χ3n) is 2.42. The normalized spacial score (nSPS) is 15.4. The molecule has 0 unspecified atom stereocenters. The number of pyridine rings is 1. The van der Waals surface area contributed by atoms with E-state index in [2.05, 4.69) is 41.1 Å². The van der Waals surface area contributed by atoms with Gasteiger partial charge in [0.15, 0.2) is 0 Å². The molecule has 0 saturated carbocycles. The molecular formula is C13H18ClN5. The number of hydrogen-bond donors (Lipinski definition) is 1.